The fourth-order valence-corrected chi connectivity index (χ4v) is 5.91. The van der Waals surface area contributed by atoms with Crippen LogP contribution in [-0.4, -0.2) is 4.98 Å². The van der Waals surface area contributed by atoms with Crippen molar-refractivity contribution in [2.75, 3.05) is 0 Å². The zero-order valence-electron chi connectivity index (χ0n) is 23.8. The molecule has 0 fully saturated rings. The zero-order chi connectivity index (χ0) is 26.5. The van der Waals surface area contributed by atoms with Crippen LogP contribution in [0.15, 0.2) is 53.1 Å². The maximum atomic E-state index is 7.77. The van der Waals surface area contributed by atoms with Gasteiger partial charge in [0.2, 0.25) is 11.4 Å². The quantitative estimate of drug-likeness (QED) is 0.245. The van der Waals surface area contributed by atoms with Gasteiger partial charge in [0.25, 0.3) is 0 Å². The smallest absolute Gasteiger partial charge is 0.227 e. The summed E-state index contributed by atoms with van der Waals surface area (Å²) in [6.07, 6.45) is 3.97. The highest BCUT2D eigenvalue weighted by atomic mass is 16.3. The van der Waals surface area contributed by atoms with Crippen LogP contribution in [-0.2, 0) is 17.9 Å². The van der Waals surface area contributed by atoms with E-state index in [0.29, 0.717) is 11.3 Å². The summed E-state index contributed by atoms with van der Waals surface area (Å²) in [4.78, 5) is 5.17. The first-order valence-electron chi connectivity index (χ1n) is 13.6. The molecule has 3 heteroatoms. The molecule has 5 aromatic rings. The minimum atomic E-state index is -2.15. The Morgan fingerprint density at radius 1 is 0.971 bits per heavy atom. The van der Waals surface area contributed by atoms with Gasteiger partial charge in [0.1, 0.15) is 7.05 Å². The van der Waals surface area contributed by atoms with Crippen LogP contribution in [0.25, 0.3) is 44.2 Å². The maximum absolute atomic E-state index is 7.77. The van der Waals surface area contributed by atoms with Crippen molar-refractivity contribution in [2.24, 2.45) is 7.05 Å². The molecule has 3 heterocycles. The van der Waals surface area contributed by atoms with Gasteiger partial charge in [-0.1, -0.05) is 52.0 Å². The molecule has 0 radical (unpaired) electrons. The number of benzene rings is 2. The lowest BCUT2D eigenvalue weighted by Crippen LogP contribution is -2.34. The molecule has 0 spiro atoms. The van der Waals surface area contributed by atoms with Crippen molar-refractivity contribution in [2.45, 2.75) is 65.1 Å². The second-order valence-electron chi connectivity index (χ2n) is 11.3. The summed E-state index contributed by atoms with van der Waals surface area (Å²) in [6, 6.07) is 14.5. The van der Waals surface area contributed by atoms with Gasteiger partial charge in [0.15, 0.2) is 11.8 Å². The Morgan fingerprint density at radius 2 is 1.76 bits per heavy atom. The van der Waals surface area contributed by atoms with Gasteiger partial charge in [0.05, 0.1) is 11.1 Å². The Hall–Kier alpha value is -3.20. The number of hydrogen-bond donors (Lipinski definition) is 0. The molecule has 172 valence electrons. The van der Waals surface area contributed by atoms with E-state index in [1.165, 1.54) is 11.1 Å². The largest absolute Gasteiger partial charge is 0.437 e. The van der Waals surface area contributed by atoms with Crippen molar-refractivity contribution in [1.29, 1.82) is 0 Å². The van der Waals surface area contributed by atoms with E-state index >= 15 is 0 Å². The molecule has 0 N–H and O–H groups in total. The van der Waals surface area contributed by atoms with Crippen LogP contribution >= 0.6 is 0 Å². The molecule has 34 heavy (non-hydrogen) atoms. The fourth-order valence-electron chi connectivity index (χ4n) is 5.91. The SMILES string of the molecule is [2H]C([2H])([2H])c1ccc(-c2c(C)ccc3c2oc2nc4c5c(ccc4cc23)C(C)(C)CCC5(C)C)[n+](C)c1. The Labute approximate surface area is 205 Å². The van der Waals surface area contributed by atoms with E-state index in [2.05, 4.69) is 65.0 Å². The van der Waals surface area contributed by atoms with Gasteiger partial charge in [0, 0.05) is 31.9 Å². The van der Waals surface area contributed by atoms with Crippen molar-refractivity contribution in [3.05, 3.63) is 70.9 Å². The zero-order valence-corrected chi connectivity index (χ0v) is 20.8. The van der Waals surface area contributed by atoms with E-state index in [1.54, 1.807) is 12.3 Å². The number of aromatic nitrogens is 2. The monoisotopic (exact) mass is 452 g/mol. The lowest BCUT2D eigenvalue weighted by Gasteiger charge is -2.42. The number of nitrogens with zero attached hydrogens (tertiary/aromatic N) is 2. The van der Waals surface area contributed by atoms with Gasteiger partial charge in [-0.05, 0) is 66.3 Å². The summed E-state index contributed by atoms with van der Waals surface area (Å²) in [7, 11) is 1.88. The molecule has 0 bridgehead atoms. The molecule has 0 aliphatic heterocycles. The molecule has 0 amide bonds. The highest BCUT2D eigenvalue weighted by Crippen LogP contribution is 2.48. The molecular weight excluding hydrogens is 416 g/mol. The number of furan rings is 1. The summed E-state index contributed by atoms with van der Waals surface area (Å²) in [5.41, 5.74) is 8.58. The number of rotatable bonds is 1. The molecule has 0 saturated carbocycles. The fraction of sp³-hybridized carbons (Fsp3) is 0.355. The Balaban J connectivity index is 1.64. The van der Waals surface area contributed by atoms with Crippen LogP contribution < -0.4 is 4.57 Å². The van der Waals surface area contributed by atoms with Crippen LogP contribution in [0.2, 0.25) is 0 Å². The topological polar surface area (TPSA) is 29.9 Å². The van der Waals surface area contributed by atoms with Crippen molar-refractivity contribution < 1.29 is 13.1 Å². The molecule has 0 saturated heterocycles. The summed E-state index contributed by atoms with van der Waals surface area (Å²) in [5, 5.41) is 3.15. The lowest BCUT2D eigenvalue weighted by molar-refractivity contribution is -0.660. The first-order valence-corrected chi connectivity index (χ1v) is 12.1. The predicted octanol–water partition coefficient (Wildman–Crippen LogP) is 7.59. The molecule has 1 aliphatic carbocycles. The third-order valence-electron chi connectivity index (χ3n) is 7.98. The molecule has 3 nitrogen and oxygen atoms in total. The summed E-state index contributed by atoms with van der Waals surface area (Å²) in [6.45, 7) is 9.23. The van der Waals surface area contributed by atoms with E-state index in [4.69, 9.17) is 13.5 Å². The van der Waals surface area contributed by atoms with Crippen LogP contribution in [0.3, 0.4) is 0 Å². The average Bonchev–Trinajstić information content (AvgIpc) is 3.17. The summed E-state index contributed by atoms with van der Waals surface area (Å²) in [5.74, 6) is 0. The van der Waals surface area contributed by atoms with E-state index in [0.717, 1.165) is 56.9 Å². The highest BCUT2D eigenvalue weighted by Gasteiger charge is 2.38. The number of pyridine rings is 2. The average molecular weight is 453 g/mol. The van der Waals surface area contributed by atoms with Crippen molar-refractivity contribution in [3.8, 4) is 11.3 Å². The Kier molecular flexibility index (Phi) is 3.69. The molecule has 0 unspecified atom stereocenters. The number of hydrogen-bond acceptors (Lipinski definition) is 2. The van der Waals surface area contributed by atoms with Crippen LogP contribution in [0.5, 0.6) is 0 Å². The maximum Gasteiger partial charge on any atom is 0.227 e. The second-order valence-corrected chi connectivity index (χ2v) is 11.3. The number of fused-ring (bicyclic) bond motifs is 6. The molecule has 3 aromatic heterocycles. The van der Waals surface area contributed by atoms with Gasteiger partial charge in [-0.3, -0.25) is 0 Å². The molecule has 6 rings (SSSR count). The Morgan fingerprint density at radius 3 is 2.53 bits per heavy atom. The standard InChI is InChI=1S/C31H33N2O/c1-18-8-13-24(33(7)17-18)25-19(2)9-11-21-22-16-20-10-12-23-26(27(20)32-29(22)34-28(21)25)31(5,6)15-14-30(23,3)4/h8-13,16-17H,14-15H2,1-7H3/q+1/i1D3. The normalized spacial score (nSPS) is 18.6. The third kappa shape index (κ3) is 2.95. The van der Waals surface area contributed by atoms with Gasteiger partial charge in [-0.15, -0.1) is 0 Å². The predicted molar refractivity (Wildman–Crippen MR) is 140 cm³/mol. The third-order valence-corrected chi connectivity index (χ3v) is 7.98. The van der Waals surface area contributed by atoms with E-state index in [9.17, 15) is 0 Å². The van der Waals surface area contributed by atoms with Gasteiger partial charge in [-0.2, -0.15) is 0 Å². The molecule has 0 atom stereocenters. The first kappa shape index (κ1) is 18.2. The Bertz CT molecular complexity index is 1740. The van der Waals surface area contributed by atoms with Crippen molar-refractivity contribution in [3.63, 3.8) is 0 Å². The molecular formula is C31H33N2O+. The first-order chi connectivity index (χ1) is 17.3. The van der Waals surface area contributed by atoms with Crippen LogP contribution in [0.1, 0.15) is 66.9 Å². The molecule has 2 aromatic carbocycles. The lowest BCUT2D eigenvalue weighted by atomic mass is 9.62. The number of aryl methyl sites for hydroxylation is 3. The van der Waals surface area contributed by atoms with E-state index < -0.39 is 6.85 Å². The minimum absolute atomic E-state index is 0.0388. The van der Waals surface area contributed by atoms with E-state index in [-0.39, 0.29) is 10.8 Å². The van der Waals surface area contributed by atoms with Gasteiger partial charge >= 0.3 is 0 Å². The summed E-state index contributed by atoms with van der Waals surface area (Å²) < 4.78 is 31.8. The summed E-state index contributed by atoms with van der Waals surface area (Å²) >= 11 is 0. The van der Waals surface area contributed by atoms with Gasteiger partial charge < -0.3 is 4.42 Å². The van der Waals surface area contributed by atoms with Crippen LogP contribution in [0.4, 0.5) is 0 Å². The highest BCUT2D eigenvalue weighted by molar-refractivity contribution is 6.11. The second kappa shape index (κ2) is 6.91. The van der Waals surface area contributed by atoms with Crippen LogP contribution in [0, 0.1) is 13.8 Å². The van der Waals surface area contributed by atoms with Gasteiger partial charge in [-0.25, -0.2) is 9.55 Å². The van der Waals surface area contributed by atoms with Crippen molar-refractivity contribution in [1.82, 2.24) is 4.98 Å². The van der Waals surface area contributed by atoms with E-state index in [1.807, 2.05) is 17.7 Å². The molecule has 1 aliphatic rings. The van der Waals surface area contributed by atoms with Crippen molar-refractivity contribution >= 4 is 33.0 Å². The minimum Gasteiger partial charge on any atom is -0.437 e.